The van der Waals surface area contributed by atoms with Crippen LogP contribution >= 0.6 is 11.8 Å². The molecule has 0 fully saturated rings. The lowest BCUT2D eigenvalue weighted by Crippen LogP contribution is -2.23. The predicted molar refractivity (Wildman–Crippen MR) is 128 cm³/mol. The molecule has 6 nitrogen and oxygen atoms in total. The lowest BCUT2D eigenvalue weighted by Gasteiger charge is -2.34. The lowest BCUT2D eigenvalue weighted by molar-refractivity contribution is -0.0732. The van der Waals surface area contributed by atoms with Crippen LogP contribution < -0.4 is 14.4 Å². The molecule has 2 aromatic rings. The third-order valence-corrected chi connectivity index (χ3v) is 6.54. The molecule has 1 heterocycles. The standard InChI is InChI=1S/C25H34NO5S/c1-5-6-7-8-13-26-21-10-9-19(28-3)16-24(21)32-25-20(17-31-18-30-15-14-27-2)23(29-4)12-11-22(25)26/h9-12H,5-8,13-15,17-18H2,1-4H3. The summed E-state index contributed by atoms with van der Waals surface area (Å²) in [5.41, 5.74) is 3.36. The molecule has 0 saturated heterocycles. The van der Waals surface area contributed by atoms with Crippen LogP contribution in [0.25, 0.3) is 0 Å². The maximum Gasteiger partial charge on any atom is 0.147 e. The minimum absolute atomic E-state index is 0.206. The summed E-state index contributed by atoms with van der Waals surface area (Å²) in [6, 6.07) is 11.7. The number of methoxy groups -OCH3 is 3. The smallest absolute Gasteiger partial charge is 0.147 e. The van der Waals surface area contributed by atoms with E-state index in [1.165, 1.54) is 30.6 Å². The molecule has 1 aliphatic heterocycles. The van der Waals surface area contributed by atoms with Gasteiger partial charge in [0.1, 0.15) is 18.3 Å². The van der Waals surface area contributed by atoms with E-state index in [0.29, 0.717) is 19.8 Å². The number of fused-ring (bicyclic) bond motifs is 2. The Morgan fingerprint density at radius 3 is 2.50 bits per heavy atom. The highest BCUT2D eigenvalue weighted by molar-refractivity contribution is 7.99. The molecule has 0 amide bonds. The number of nitrogens with zero attached hydrogens (tertiary/aromatic N) is 1. The van der Waals surface area contributed by atoms with E-state index in [0.717, 1.165) is 39.8 Å². The Bertz CT molecular complexity index is 860. The zero-order valence-corrected chi connectivity index (χ0v) is 20.4. The summed E-state index contributed by atoms with van der Waals surface area (Å²) in [7, 11) is 5.02. The van der Waals surface area contributed by atoms with Crippen molar-refractivity contribution in [2.45, 2.75) is 49.0 Å². The van der Waals surface area contributed by atoms with E-state index in [9.17, 15) is 0 Å². The molecule has 0 bridgehead atoms. The number of hydrogen-bond acceptors (Lipinski definition) is 7. The fourth-order valence-corrected chi connectivity index (χ4v) is 4.89. The topological polar surface area (TPSA) is 49.4 Å². The van der Waals surface area contributed by atoms with Crippen molar-refractivity contribution >= 4 is 23.1 Å². The summed E-state index contributed by atoms with van der Waals surface area (Å²) >= 11 is 1.69. The van der Waals surface area contributed by atoms with Crippen LogP contribution in [-0.4, -0.2) is 47.9 Å². The minimum Gasteiger partial charge on any atom is -0.496 e. The average molecular weight is 461 g/mol. The van der Waals surface area contributed by atoms with Gasteiger partial charge in [-0.25, -0.2) is 0 Å². The number of rotatable bonds is 14. The number of unbranched alkanes of at least 4 members (excludes halogenated alkanes) is 3. The van der Waals surface area contributed by atoms with Crippen molar-refractivity contribution in [1.29, 1.82) is 0 Å². The molecule has 0 atom stereocenters. The molecular weight excluding hydrogens is 426 g/mol. The van der Waals surface area contributed by atoms with E-state index < -0.39 is 0 Å². The third-order valence-electron chi connectivity index (χ3n) is 5.36. The molecular formula is C25H34NO5S. The van der Waals surface area contributed by atoms with E-state index in [-0.39, 0.29) is 6.79 Å². The van der Waals surface area contributed by atoms with E-state index in [4.69, 9.17) is 23.7 Å². The summed E-state index contributed by atoms with van der Waals surface area (Å²) in [6.07, 6.45) is 4.82. The van der Waals surface area contributed by atoms with Crippen molar-refractivity contribution in [2.75, 3.05) is 52.8 Å². The van der Waals surface area contributed by atoms with Crippen molar-refractivity contribution in [1.82, 2.24) is 0 Å². The first-order valence-electron chi connectivity index (χ1n) is 11.1. The van der Waals surface area contributed by atoms with Gasteiger partial charge in [-0.1, -0.05) is 37.9 Å². The maximum atomic E-state index is 5.83. The van der Waals surface area contributed by atoms with Gasteiger partial charge in [0.15, 0.2) is 0 Å². The number of benzene rings is 2. The van der Waals surface area contributed by atoms with Gasteiger partial charge in [0.2, 0.25) is 0 Å². The fourth-order valence-electron chi connectivity index (χ4n) is 3.68. The van der Waals surface area contributed by atoms with Gasteiger partial charge in [0.25, 0.3) is 0 Å². The van der Waals surface area contributed by atoms with Gasteiger partial charge in [-0.05, 0) is 30.7 Å². The van der Waals surface area contributed by atoms with Crippen molar-refractivity contribution in [3.8, 4) is 11.5 Å². The average Bonchev–Trinajstić information content (AvgIpc) is 2.82. The largest absolute Gasteiger partial charge is 0.496 e. The molecule has 0 N–H and O–H groups in total. The predicted octanol–water partition coefficient (Wildman–Crippen LogP) is 5.82. The second kappa shape index (κ2) is 12.9. The second-order valence-corrected chi connectivity index (χ2v) is 8.54. The monoisotopic (exact) mass is 460 g/mol. The molecule has 1 aliphatic rings. The number of anilines is 2. The fraction of sp³-hybridized carbons (Fsp3) is 0.520. The highest BCUT2D eigenvalue weighted by Crippen LogP contribution is 2.52. The Morgan fingerprint density at radius 2 is 1.75 bits per heavy atom. The van der Waals surface area contributed by atoms with E-state index >= 15 is 0 Å². The van der Waals surface area contributed by atoms with E-state index in [1.807, 2.05) is 12.1 Å². The van der Waals surface area contributed by atoms with Crippen LogP contribution in [0.3, 0.4) is 0 Å². The first kappa shape index (κ1) is 24.7. The number of ether oxygens (including phenoxy) is 5. The summed E-state index contributed by atoms with van der Waals surface area (Å²) in [5, 5.41) is 0. The first-order valence-corrected chi connectivity index (χ1v) is 11.9. The molecule has 175 valence electrons. The first-order chi connectivity index (χ1) is 15.7. The van der Waals surface area contributed by atoms with Gasteiger partial charge in [-0.15, -0.1) is 0 Å². The summed E-state index contributed by atoms with van der Waals surface area (Å²) in [4.78, 5) is 4.58. The van der Waals surface area contributed by atoms with Crippen LogP contribution in [-0.2, 0) is 20.8 Å². The van der Waals surface area contributed by atoms with Crippen LogP contribution in [0.4, 0.5) is 11.4 Å². The molecule has 2 aromatic carbocycles. The van der Waals surface area contributed by atoms with Crippen LogP contribution in [0, 0.1) is 6.07 Å². The summed E-state index contributed by atoms with van der Waals surface area (Å²) in [6.45, 7) is 4.84. The molecule has 7 heteroatoms. The molecule has 3 rings (SSSR count). The summed E-state index contributed by atoms with van der Waals surface area (Å²) in [5.74, 6) is 1.54. The van der Waals surface area contributed by atoms with Gasteiger partial charge in [-0.3, -0.25) is 0 Å². The van der Waals surface area contributed by atoms with Crippen molar-refractivity contribution in [2.24, 2.45) is 0 Å². The minimum atomic E-state index is 0.206. The molecule has 1 radical (unpaired) electrons. The van der Waals surface area contributed by atoms with Gasteiger partial charge < -0.3 is 28.6 Å². The SMILES string of the molecule is CCCCCCN1c2ccc(OC)[c]c2Sc2c1ccc(OC)c2COCOCCOC. The third kappa shape index (κ3) is 6.10. The van der Waals surface area contributed by atoms with Crippen molar-refractivity contribution < 1.29 is 23.7 Å². The molecule has 0 saturated carbocycles. The highest BCUT2D eigenvalue weighted by Gasteiger charge is 2.28. The molecule has 0 aliphatic carbocycles. The van der Waals surface area contributed by atoms with Crippen LogP contribution in [0.1, 0.15) is 38.2 Å². The van der Waals surface area contributed by atoms with E-state index in [1.54, 1.807) is 33.1 Å². The Kier molecular flexibility index (Phi) is 9.99. The Balaban J connectivity index is 1.88. The zero-order valence-electron chi connectivity index (χ0n) is 19.6. The summed E-state index contributed by atoms with van der Waals surface area (Å²) < 4.78 is 27.4. The van der Waals surface area contributed by atoms with Crippen LogP contribution in [0.15, 0.2) is 34.1 Å². The van der Waals surface area contributed by atoms with Crippen molar-refractivity contribution in [3.05, 3.63) is 35.9 Å². The van der Waals surface area contributed by atoms with Crippen LogP contribution in [0.5, 0.6) is 11.5 Å². The van der Waals surface area contributed by atoms with E-state index in [2.05, 4.69) is 30.0 Å². The molecule has 32 heavy (non-hydrogen) atoms. The van der Waals surface area contributed by atoms with Gasteiger partial charge >= 0.3 is 0 Å². The quantitative estimate of drug-likeness (QED) is 0.260. The second-order valence-electron chi connectivity index (χ2n) is 7.52. The molecule has 0 unspecified atom stereocenters. The van der Waals surface area contributed by atoms with Crippen molar-refractivity contribution in [3.63, 3.8) is 0 Å². The Morgan fingerprint density at radius 1 is 0.906 bits per heavy atom. The highest BCUT2D eigenvalue weighted by atomic mass is 32.2. The Labute approximate surface area is 196 Å². The zero-order chi connectivity index (χ0) is 22.8. The molecule has 0 aromatic heterocycles. The number of hydrogen-bond donors (Lipinski definition) is 0. The van der Waals surface area contributed by atoms with Crippen LogP contribution in [0.2, 0.25) is 0 Å². The normalized spacial score (nSPS) is 12.4. The lowest BCUT2D eigenvalue weighted by atomic mass is 10.1. The molecule has 0 spiro atoms. The maximum absolute atomic E-state index is 5.83. The van der Waals surface area contributed by atoms with Gasteiger partial charge in [-0.2, -0.15) is 0 Å². The van der Waals surface area contributed by atoms with Gasteiger partial charge in [0, 0.05) is 35.1 Å². The van der Waals surface area contributed by atoms with Gasteiger partial charge in [0.05, 0.1) is 45.4 Å². The Hall–Kier alpha value is -1.93.